The van der Waals surface area contributed by atoms with Crippen LogP contribution in [0.4, 0.5) is 5.69 Å². The van der Waals surface area contributed by atoms with Crippen LogP contribution in [0.15, 0.2) is 64.2 Å². The Hall–Kier alpha value is -2.52. The van der Waals surface area contributed by atoms with E-state index in [0.717, 1.165) is 5.56 Å². The lowest BCUT2D eigenvalue weighted by atomic mass is 10.2. The molecule has 0 radical (unpaired) electrons. The number of halogens is 1. The van der Waals surface area contributed by atoms with Gasteiger partial charge in [0, 0.05) is 28.6 Å². The van der Waals surface area contributed by atoms with Crippen molar-refractivity contribution in [3.63, 3.8) is 0 Å². The molecule has 0 unspecified atom stereocenters. The van der Waals surface area contributed by atoms with E-state index >= 15 is 0 Å². The average molecular weight is 452 g/mol. The number of nitrogens with zero attached hydrogens (tertiary/aromatic N) is 2. The Morgan fingerprint density at radius 3 is 2.52 bits per heavy atom. The molecule has 1 N–H and O–H groups in total. The van der Waals surface area contributed by atoms with Crippen LogP contribution in [0, 0.1) is 0 Å². The third-order valence-corrected chi connectivity index (χ3v) is 6.15. The zero-order valence-electron chi connectivity index (χ0n) is 14.7. The Balaban J connectivity index is 1.89. The second kappa shape index (κ2) is 8.01. The van der Waals surface area contributed by atoms with Crippen molar-refractivity contribution in [3.05, 3.63) is 64.9 Å². The van der Waals surface area contributed by atoms with E-state index in [4.69, 9.17) is 9.47 Å². The summed E-state index contributed by atoms with van der Waals surface area (Å²) in [6, 6.07) is 12.0. The summed E-state index contributed by atoms with van der Waals surface area (Å²) < 4.78 is 40.9. The van der Waals surface area contributed by atoms with Crippen LogP contribution in [-0.4, -0.2) is 32.4 Å². The number of nitrogens with one attached hydrogen (secondary N) is 1. The van der Waals surface area contributed by atoms with Crippen molar-refractivity contribution in [1.29, 1.82) is 0 Å². The van der Waals surface area contributed by atoms with E-state index < -0.39 is 10.0 Å². The van der Waals surface area contributed by atoms with Crippen LogP contribution >= 0.6 is 15.9 Å². The quantitative estimate of drug-likeness (QED) is 0.594. The molecule has 2 aromatic carbocycles. The lowest BCUT2D eigenvalue weighted by Gasteiger charge is -2.14. The number of methoxy groups -OCH3 is 2. The summed E-state index contributed by atoms with van der Waals surface area (Å²) in [5, 5.41) is 4.16. The first-order valence-corrected chi connectivity index (χ1v) is 10.2. The highest BCUT2D eigenvalue weighted by Gasteiger charge is 2.21. The number of ether oxygens (including phenoxy) is 2. The van der Waals surface area contributed by atoms with E-state index in [1.165, 1.54) is 20.3 Å². The summed E-state index contributed by atoms with van der Waals surface area (Å²) in [5.74, 6) is 0.762. The molecule has 0 spiro atoms. The highest BCUT2D eigenvalue weighted by molar-refractivity contribution is 9.10. The van der Waals surface area contributed by atoms with Crippen molar-refractivity contribution in [3.8, 4) is 11.5 Å². The molecule has 3 aromatic rings. The molecule has 0 bridgehead atoms. The van der Waals surface area contributed by atoms with Crippen LogP contribution in [0.5, 0.6) is 11.5 Å². The van der Waals surface area contributed by atoms with Gasteiger partial charge < -0.3 is 9.47 Å². The smallest absolute Gasteiger partial charge is 0.263 e. The highest BCUT2D eigenvalue weighted by Crippen LogP contribution is 2.36. The standard InChI is InChI=1S/C18H18BrN3O4S/c1-25-16-10-15(19)18(11-17(16)26-2)27(23,24)21-14-6-3-5-13(9-14)12-22-8-4-7-20-22/h3-11,21H,12H2,1-2H3. The van der Waals surface area contributed by atoms with Crippen molar-refractivity contribution in [2.45, 2.75) is 11.4 Å². The summed E-state index contributed by atoms with van der Waals surface area (Å²) in [7, 11) is -0.895. The van der Waals surface area contributed by atoms with Gasteiger partial charge in [-0.3, -0.25) is 9.40 Å². The molecule has 7 nitrogen and oxygen atoms in total. The zero-order chi connectivity index (χ0) is 19.4. The molecule has 0 fully saturated rings. The van der Waals surface area contributed by atoms with Gasteiger partial charge in [-0.2, -0.15) is 5.10 Å². The maximum absolute atomic E-state index is 12.9. The van der Waals surface area contributed by atoms with Crippen LogP contribution in [-0.2, 0) is 16.6 Å². The molecule has 27 heavy (non-hydrogen) atoms. The van der Waals surface area contributed by atoms with E-state index in [1.807, 2.05) is 18.3 Å². The molecule has 0 saturated carbocycles. The molecule has 0 atom stereocenters. The van der Waals surface area contributed by atoms with Crippen molar-refractivity contribution in [2.24, 2.45) is 0 Å². The summed E-state index contributed by atoms with van der Waals surface area (Å²) in [4.78, 5) is 0.0534. The normalized spacial score (nSPS) is 11.2. The molecule has 0 aliphatic heterocycles. The molecule has 0 saturated heterocycles. The fraction of sp³-hybridized carbons (Fsp3) is 0.167. The van der Waals surface area contributed by atoms with Gasteiger partial charge in [0.2, 0.25) is 0 Å². The van der Waals surface area contributed by atoms with Crippen LogP contribution in [0.3, 0.4) is 0 Å². The Morgan fingerprint density at radius 1 is 1.11 bits per heavy atom. The summed E-state index contributed by atoms with van der Waals surface area (Å²) in [6.45, 7) is 0.544. The van der Waals surface area contributed by atoms with Gasteiger partial charge in [-0.05, 0) is 45.8 Å². The number of rotatable bonds is 7. The van der Waals surface area contributed by atoms with Crippen molar-refractivity contribution in [1.82, 2.24) is 9.78 Å². The minimum absolute atomic E-state index is 0.0534. The number of anilines is 1. The summed E-state index contributed by atoms with van der Waals surface area (Å²) in [6.07, 6.45) is 3.54. The van der Waals surface area contributed by atoms with E-state index in [-0.39, 0.29) is 4.90 Å². The van der Waals surface area contributed by atoms with Crippen LogP contribution in [0.1, 0.15) is 5.56 Å². The van der Waals surface area contributed by atoms with Gasteiger partial charge in [-0.25, -0.2) is 8.42 Å². The SMILES string of the molecule is COc1cc(Br)c(S(=O)(=O)Nc2cccc(Cn3cccn3)c2)cc1OC. The lowest BCUT2D eigenvalue weighted by Crippen LogP contribution is -2.14. The number of benzene rings is 2. The average Bonchev–Trinajstić information content (AvgIpc) is 3.14. The number of sulfonamides is 1. The number of hydrogen-bond acceptors (Lipinski definition) is 5. The largest absolute Gasteiger partial charge is 0.493 e. The molecule has 3 rings (SSSR count). The summed E-state index contributed by atoms with van der Waals surface area (Å²) in [5.41, 5.74) is 1.38. The second-order valence-electron chi connectivity index (χ2n) is 5.65. The van der Waals surface area contributed by atoms with E-state index in [2.05, 4.69) is 25.8 Å². The topological polar surface area (TPSA) is 82.5 Å². The van der Waals surface area contributed by atoms with Crippen molar-refractivity contribution >= 4 is 31.6 Å². The molecular weight excluding hydrogens is 434 g/mol. The van der Waals surface area contributed by atoms with Crippen LogP contribution in [0.2, 0.25) is 0 Å². The first kappa shape index (κ1) is 19.2. The second-order valence-corrected chi connectivity index (χ2v) is 8.15. The van der Waals surface area contributed by atoms with Gasteiger partial charge >= 0.3 is 0 Å². The Labute approximate surface area is 166 Å². The predicted octanol–water partition coefficient (Wildman–Crippen LogP) is 3.51. The minimum atomic E-state index is -3.84. The predicted molar refractivity (Wildman–Crippen MR) is 106 cm³/mol. The Kier molecular flexibility index (Phi) is 5.71. The van der Waals surface area contributed by atoms with E-state index in [0.29, 0.717) is 28.2 Å². The Morgan fingerprint density at radius 2 is 1.85 bits per heavy atom. The minimum Gasteiger partial charge on any atom is -0.493 e. The van der Waals surface area contributed by atoms with Gasteiger partial charge in [0.15, 0.2) is 11.5 Å². The maximum Gasteiger partial charge on any atom is 0.263 e. The van der Waals surface area contributed by atoms with Crippen LogP contribution in [0.25, 0.3) is 0 Å². The first-order valence-electron chi connectivity index (χ1n) is 7.93. The molecule has 9 heteroatoms. The van der Waals surface area contributed by atoms with Crippen molar-refractivity contribution < 1.29 is 17.9 Å². The third-order valence-electron chi connectivity index (χ3n) is 3.81. The Bertz CT molecular complexity index is 1040. The summed E-state index contributed by atoms with van der Waals surface area (Å²) >= 11 is 3.29. The van der Waals surface area contributed by atoms with Gasteiger partial charge in [-0.15, -0.1) is 0 Å². The van der Waals surface area contributed by atoms with Gasteiger partial charge in [0.1, 0.15) is 4.90 Å². The lowest BCUT2D eigenvalue weighted by molar-refractivity contribution is 0.353. The zero-order valence-corrected chi connectivity index (χ0v) is 17.1. The molecule has 0 aliphatic carbocycles. The van der Waals surface area contributed by atoms with Crippen LogP contribution < -0.4 is 14.2 Å². The first-order chi connectivity index (χ1) is 12.9. The molecule has 0 amide bonds. The third kappa shape index (κ3) is 4.42. The number of aromatic nitrogens is 2. The highest BCUT2D eigenvalue weighted by atomic mass is 79.9. The van der Waals surface area contributed by atoms with Gasteiger partial charge in [0.05, 0.1) is 20.8 Å². The molecular formula is C18H18BrN3O4S. The van der Waals surface area contributed by atoms with E-state index in [9.17, 15) is 8.42 Å². The van der Waals surface area contributed by atoms with Crippen molar-refractivity contribution in [2.75, 3.05) is 18.9 Å². The molecule has 0 aliphatic rings. The molecule has 1 heterocycles. The molecule has 142 valence electrons. The monoisotopic (exact) mass is 451 g/mol. The fourth-order valence-corrected chi connectivity index (χ4v) is 4.65. The van der Waals surface area contributed by atoms with Gasteiger partial charge in [-0.1, -0.05) is 12.1 Å². The maximum atomic E-state index is 12.9. The van der Waals surface area contributed by atoms with E-state index in [1.54, 1.807) is 35.1 Å². The molecule has 1 aromatic heterocycles. The van der Waals surface area contributed by atoms with Gasteiger partial charge in [0.25, 0.3) is 10.0 Å². The number of hydrogen-bond donors (Lipinski definition) is 1. The fourth-order valence-electron chi connectivity index (χ4n) is 2.57.